The van der Waals surface area contributed by atoms with Crippen LogP contribution < -0.4 is 0 Å². The summed E-state index contributed by atoms with van der Waals surface area (Å²) < 4.78 is 0. The topological polar surface area (TPSA) is 101 Å². The third-order valence-electron chi connectivity index (χ3n) is 6.14. The molecule has 0 aliphatic carbocycles. The first-order valence-electron chi connectivity index (χ1n) is 10.7. The molecular formula is C26H19Cl2N5O2. The first-order chi connectivity index (χ1) is 16.8. The Morgan fingerprint density at radius 3 is 2.26 bits per heavy atom. The van der Waals surface area contributed by atoms with E-state index in [1.165, 1.54) is 12.3 Å². The largest absolute Gasteiger partial charge is 0.336 e. The number of aromatic nitrogens is 1. The second-order valence-electron chi connectivity index (χ2n) is 8.21. The van der Waals surface area contributed by atoms with Crippen molar-refractivity contribution in [1.29, 1.82) is 10.5 Å². The van der Waals surface area contributed by atoms with Crippen LogP contribution in [0.5, 0.6) is 0 Å². The molecule has 0 bridgehead atoms. The highest BCUT2D eigenvalue weighted by Gasteiger charge is 2.40. The highest BCUT2D eigenvalue weighted by molar-refractivity contribution is 6.42. The highest BCUT2D eigenvalue weighted by Crippen LogP contribution is 2.35. The number of rotatable bonds is 4. The van der Waals surface area contributed by atoms with Crippen molar-refractivity contribution in [3.8, 4) is 12.1 Å². The van der Waals surface area contributed by atoms with E-state index in [0.29, 0.717) is 39.8 Å². The molecule has 35 heavy (non-hydrogen) atoms. The first-order valence-corrected chi connectivity index (χ1v) is 11.5. The molecule has 0 saturated carbocycles. The van der Waals surface area contributed by atoms with Crippen molar-refractivity contribution in [3.63, 3.8) is 0 Å². The average Bonchev–Trinajstić information content (AvgIpc) is 3.34. The number of likely N-dealkylation sites (tertiary alicyclic amines) is 1. The van der Waals surface area contributed by atoms with Crippen molar-refractivity contribution >= 4 is 35.0 Å². The van der Waals surface area contributed by atoms with Gasteiger partial charge in [-0.05, 0) is 54.1 Å². The summed E-state index contributed by atoms with van der Waals surface area (Å²) in [6, 6.07) is 18.5. The summed E-state index contributed by atoms with van der Waals surface area (Å²) in [5, 5.41) is 18.8. The number of carbonyl (C=O) groups is 2. The van der Waals surface area contributed by atoms with Crippen LogP contribution in [0.4, 0.5) is 0 Å². The predicted octanol–water partition coefficient (Wildman–Crippen LogP) is 4.51. The van der Waals surface area contributed by atoms with Gasteiger partial charge in [0.25, 0.3) is 11.8 Å². The Hall–Kier alpha value is -3.91. The summed E-state index contributed by atoms with van der Waals surface area (Å²) >= 11 is 12.4. The van der Waals surface area contributed by atoms with Crippen molar-refractivity contribution in [1.82, 2.24) is 14.8 Å². The normalized spacial score (nSPS) is 16.9. The Kier molecular flexibility index (Phi) is 7.02. The number of likely N-dealkylation sites (N-methyl/N-ethyl adjacent to an activating group) is 1. The fourth-order valence-corrected chi connectivity index (χ4v) is 4.51. The molecule has 1 aromatic heterocycles. The minimum atomic E-state index is -0.362. The molecular weight excluding hydrogens is 485 g/mol. The van der Waals surface area contributed by atoms with Crippen molar-refractivity contribution in [3.05, 3.63) is 98.8 Å². The van der Waals surface area contributed by atoms with Crippen LogP contribution in [0.15, 0.2) is 60.8 Å². The van der Waals surface area contributed by atoms with Crippen molar-refractivity contribution in [2.24, 2.45) is 0 Å². The molecule has 1 unspecified atom stereocenters. The van der Waals surface area contributed by atoms with E-state index in [-0.39, 0.29) is 29.5 Å². The van der Waals surface area contributed by atoms with E-state index in [9.17, 15) is 9.59 Å². The number of nitrogens with zero attached hydrogens (tertiary/aromatic N) is 5. The molecule has 2 heterocycles. The monoisotopic (exact) mass is 503 g/mol. The number of carbonyl (C=O) groups excluding carboxylic acids is 2. The van der Waals surface area contributed by atoms with Gasteiger partial charge < -0.3 is 9.80 Å². The van der Waals surface area contributed by atoms with Gasteiger partial charge in [-0.3, -0.25) is 9.59 Å². The van der Waals surface area contributed by atoms with E-state index >= 15 is 0 Å². The summed E-state index contributed by atoms with van der Waals surface area (Å²) in [5.74, 6) is -0.740. The lowest BCUT2D eigenvalue weighted by molar-refractivity contribution is 0.0691. The summed E-state index contributed by atoms with van der Waals surface area (Å²) in [7, 11) is 1.67. The van der Waals surface area contributed by atoms with Crippen molar-refractivity contribution in [2.45, 2.75) is 12.0 Å². The predicted molar refractivity (Wildman–Crippen MR) is 131 cm³/mol. The molecule has 0 spiro atoms. The Bertz CT molecular complexity index is 1360. The van der Waals surface area contributed by atoms with Crippen molar-refractivity contribution < 1.29 is 9.59 Å². The van der Waals surface area contributed by atoms with Crippen LogP contribution >= 0.6 is 23.2 Å². The molecule has 2 amide bonds. The first kappa shape index (κ1) is 24.2. The molecule has 0 radical (unpaired) electrons. The molecule has 2 atom stereocenters. The molecule has 9 heteroatoms. The second-order valence-corrected chi connectivity index (χ2v) is 9.02. The lowest BCUT2D eigenvalue weighted by Crippen LogP contribution is -2.42. The van der Waals surface area contributed by atoms with Crippen LogP contribution in [0.25, 0.3) is 0 Å². The molecule has 4 rings (SSSR count). The van der Waals surface area contributed by atoms with Crippen molar-refractivity contribution in [2.75, 3.05) is 20.1 Å². The van der Waals surface area contributed by atoms with Crippen LogP contribution in [0.2, 0.25) is 10.0 Å². The SMILES string of the molecule is CN(C(=O)c1ccc(C#N)cn1)[C@@H]1CN(C(=O)c2ccc(C#N)cc2)CC1c1ccc(Cl)c(Cl)c1. The van der Waals surface area contributed by atoms with Gasteiger partial charge in [0, 0.05) is 37.8 Å². The number of pyridine rings is 1. The summed E-state index contributed by atoms with van der Waals surface area (Å²) in [5.41, 5.74) is 2.34. The third kappa shape index (κ3) is 4.97. The molecule has 1 fully saturated rings. The molecule has 174 valence electrons. The average molecular weight is 504 g/mol. The third-order valence-corrected chi connectivity index (χ3v) is 6.88. The second kappa shape index (κ2) is 10.1. The van der Waals surface area contributed by atoms with E-state index in [1.54, 1.807) is 59.3 Å². The molecule has 7 nitrogen and oxygen atoms in total. The fraction of sp³-hybridized carbons (Fsp3) is 0.192. The molecule has 0 N–H and O–H groups in total. The summed E-state index contributed by atoms with van der Waals surface area (Å²) in [4.78, 5) is 33.9. The number of amides is 2. The molecule has 1 saturated heterocycles. The van der Waals surface area contributed by atoms with Crippen LogP contribution in [0.3, 0.4) is 0 Å². The number of hydrogen-bond donors (Lipinski definition) is 0. The number of halogens is 2. The van der Waals surface area contributed by atoms with Crippen LogP contribution in [0.1, 0.15) is 43.5 Å². The van der Waals surface area contributed by atoms with E-state index < -0.39 is 0 Å². The molecule has 2 aromatic carbocycles. The van der Waals surface area contributed by atoms with Gasteiger partial charge in [-0.2, -0.15) is 10.5 Å². The minimum Gasteiger partial charge on any atom is -0.336 e. The van der Waals surface area contributed by atoms with Gasteiger partial charge in [-0.25, -0.2) is 4.98 Å². The standard InChI is InChI=1S/C26H19Cl2N5O2/c1-32(26(35)23-9-4-17(12-30)13-31-23)24-15-33(25(34)18-5-2-16(11-29)3-6-18)14-20(24)19-7-8-21(27)22(28)10-19/h2-10,13,20,24H,14-15H2,1H3/t20?,24-/m1/s1. The maximum atomic E-state index is 13.3. The van der Waals surface area contributed by atoms with Crippen LogP contribution in [0, 0.1) is 22.7 Å². The number of hydrogen-bond acceptors (Lipinski definition) is 5. The maximum Gasteiger partial charge on any atom is 0.272 e. The van der Waals surface area contributed by atoms with Gasteiger partial charge in [-0.1, -0.05) is 29.3 Å². The summed E-state index contributed by atoms with van der Waals surface area (Å²) in [6.07, 6.45) is 1.35. The minimum absolute atomic E-state index is 0.195. The maximum absolute atomic E-state index is 13.3. The zero-order valence-corrected chi connectivity index (χ0v) is 20.2. The number of benzene rings is 2. The van der Waals surface area contributed by atoms with E-state index in [1.807, 2.05) is 18.2 Å². The van der Waals surface area contributed by atoms with Gasteiger partial charge in [0.1, 0.15) is 11.8 Å². The zero-order chi connectivity index (χ0) is 25.1. The van der Waals surface area contributed by atoms with Crippen LogP contribution in [-0.2, 0) is 0 Å². The molecule has 1 aliphatic heterocycles. The Labute approximate surface area is 212 Å². The zero-order valence-electron chi connectivity index (χ0n) is 18.7. The van der Waals surface area contributed by atoms with Gasteiger partial charge in [-0.15, -0.1) is 0 Å². The Balaban J connectivity index is 1.65. The molecule has 3 aromatic rings. The van der Waals surface area contributed by atoms with E-state index in [4.69, 9.17) is 33.7 Å². The van der Waals surface area contributed by atoms with Gasteiger partial charge >= 0.3 is 0 Å². The number of nitriles is 2. The smallest absolute Gasteiger partial charge is 0.272 e. The highest BCUT2D eigenvalue weighted by atomic mass is 35.5. The van der Waals surface area contributed by atoms with Gasteiger partial charge in [0.15, 0.2) is 0 Å². The Morgan fingerprint density at radius 2 is 1.66 bits per heavy atom. The van der Waals surface area contributed by atoms with Gasteiger partial charge in [0.2, 0.25) is 0 Å². The van der Waals surface area contributed by atoms with Crippen LogP contribution in [-0.4, -0.2) is 52.8 Å². The molecule has 1 aliphatic rings. The van der Waals surface area contributed by atoms with E-state index in [0.717, 1.165) is 5.56 Å². The van der Waals surface area contributed by atoms with E-state index in [2.05, 4.69) is 4.98 Å². The summed E-state index contributed by atoms with van der Waals surface area (Å²) in [6.45, 7) is 0.655. The fourth-order valence-electron chi connectivity index (χ4n) is 4.20. The lowest BCUT2D eigenvalue weighted by Gasteiger charge is -2.29. The Morgan fingerprint density at radius 1 is 0.971 bits per heavy atom. The lowest BCUT2D eigenvalue weighted by atomic mass is 9.93. The van der Waals surface area contributed by atoms with Gasteiger partial charge in [0.05, 0.1) is 33.3 Å². The quantitative estimate of drug-likeness (QED) is 0.521.